The van der Waals surface area contributed by atoms with Crippen LogP contribution in [0.25, 0.3) is 0 Å². The zero-order valence-electron chi connectivity index (χ0n) is 18.4. The Hall–Kier alpha value is -1.83. The van der Waals surface area contributed by atoms with Crippen molar-refractivity contribution in [2.75, 3.05) is 30.3 Å². The van der Waals surface area contributed by atoms with Gasteiger partial charge in [0.2, 0.25) is 17.2 Å². The number of amides is 1. The second-order valence-electron chi connectivity index (χ2n) is 7.58. The largest absolute Gasteiger partial charge is 0.465 e. The summed E-state index contributed by atoms with van der Waals surface area (Å²) in [5, 5.41) is 17.2. The molecule has 0 bridgehead atoms. The van der Waals surface area contributed by atoms with Crippen LogP contribution in [0.2, 0.25) is 5.28 Å². The highest BCUT2D eigenvalue weighted by Gasteiger charge is 2.04. The Bertz CT molecular complexity index is 576. The van der Waals surface area contributed by atoms with Gasteiger partial charge < -0.3 is 21.1 Å². The summed E-state index contributed by atoms with van der Waals surface area (Å²) in [4.78, 5) is 22.8. The molecule has 8 nitrogen and oxygen atoms in total. The number of unbranched alkanes of at least 4 members (excludes halogenated alkanes) is 11. The minimum Gasteiger partial charge on any atom is -0.465 e. The molecule has 0 fully saturated rings. The molecule has 9 heteroatoms. The number of halogens is 1. The molecule has 1 rings (SSSR count). The van der Waals surface area contributed by atoms with Gasteiger partial charge in [-0.25, -0.2) is 4.79 Å². The SMILES string of the molecule is CCCCCCCCCCCCCCNc1nc(Cl)nc(NCCCNC(=O)O)n1. The third kappa shape index (κ3) is 15.1. The molecule has 0 radical (unpaired) electrons. The first-order valence-electron chi connectivity index (χ1n) is 11.5. The van der Waals surface area contributed by atoms with E-state index in [9.17, 15) is 4.79 Å². The molecule has 0 aliphatic carbocycles. The van der Waals surface area contributed by atoms with Gasteiger partial charge in [0.15, 0.2) is 0 Å². The molecule has 0 aliphatic heterocycles. The van der Waals surface area contributed by atoms with Crippen LogP contribution >= 0.6 is 11.6 Å². The second kappa shape index (κ2) is 18.0. The first kappa shape index (κ1) is 26.2. The molecule has 1 heterocycles. The van der Waals surface area contributed by atoms with E-state index in [0.717, 1.165) is 13.0 Å². The van der Waals surface area contributed by atoms with E-state index in [1.165, 1.54) is 70.6 Å². The smallest absolute Gasteiger partial charge is 0.404 e. The monoisotopic (exact) mass is 442 g/mol. The highest BCUT2D eigenvalue weighted by molar-refractivity contribution is 6.28. The van der Waals surface area contributed by atoms with Crippen molar-refractivity contribution in [3.63, 3.8) is 0 Å². The summed E-state index contributed by atoms with van der Waals surface area (Å²) in [7, 11) is 0. The molecule has 1 aromatic heterocycles. The maximum absolute atomic E-state index is 10.4. The van der Waals surface area contributed by atoms with E-state index in [2.05, 4.69) is 37.8 Å². The van der Waals surface area contributed by atoms with Crippen LogP contribution in [-0.4, -0.2) is 45.8 Å². The molecule has 0 saturated carbocycles. The summed E-state index contributed by atoms with van der Waals surface area (Å²) in [6.07, 6.45) is 15.5. The predicted molar refractivity (Wildman–Crippen MR) is 124 cm³/mol. The first-order valence-corrected chi connectivity index (χ1v) is 11.9. The van der Waals surface area contributed by atoms with Crippen molar-refractivity contribution in [2.45, 2.75) is 90.4 Å². The molecular weight excluding hydrogens is 404 g/mol. The third-order valence-electron chi connectivity index (χ3n) is 4.83. The first-order chi connectivity index (χ1) is 14.6. The minimum atomic E-state index is -1.03. The molecule has 30 heavy (non-hydrogen) atoms. The molecule has 0 aromatic carbocycles. The zero-order chi connectivity index (χ0) is 21.9. The van der Waals surface area contributed by atoms with Gasteiger partial charge in [0, 0.05) is 19.6 Å². The van der Waals surface area contributed by atoms with Crippen LogP contribution in [-0.2, 0) is 0 Å². The molecule has 0 spiro atoms. The summed E-state index contributed by atoms with van der Waals surface area (Å²) < 4.78 is 0. The number of hydrogen-bond acceptors (Lipinski definition) is 6. The lowest BCUT2D eigenvalue weighted by Gasteiger charge is -2.08. The van der Waals surface area contributed by atoms with Crippen molar-refractivity contribution in [1.29, 1.82) is 0 Å². The normalized spacial score (nSPS) is 10.7. The summed E-state index contributed by atoms with van der Waals surface area (Å²) in [5.41, 5.74) is 0. The van der Waals surface area contributed by atoms with Crippen LogP contribution < -0.4 is 16.0 Å². The van der Waals surface area contributed by atoms with E-state index in [1.54, 1.807) is 0 Å². The van der Waals surface area contributed by atoms with Crippen LogP contribution in [0, 0.1) is 0 Å². The van der Waals surface area contributed by atoms with Crippen molar-refractivity contribution in [3.8, 4) is 0 Å². The van der Waals surface area contributed by atoms with Gasteiger partial charge in [0.1, 0.15) is 0 Å². The number of anilines is 2. The average molecular weight is 443 g/mol. The number of carboxylic acid groups (broad SMARTS) is 1. The average Bonchev–Trinajstić information content (AvgIpc) is 2.70. The van der Waals surface area contributed by atoms with Gasteiger partial charge in [-0.2, -0.15) is 15.0 Å². The fraction of sp³-hybridized carbons (Fsp3) is 0.810. The maximum Gasteiger partial charge on any atom is 0.404 e. The Morgan fingerprint density at radius 1 is 0.733 bits per heavy atom. The van der Waals surface area contributed by atoms with Gasteiger partial charge in [0.05, 0.1) is 0 Å². The summed E-state index contributed by atoms with van der Waals surface area (Å²) in [6, 6.07) is 0. The molecule has 4 N–H and O–H groups in total. The van der Waals surface area contributed by atoms with Gasteiger partial charge in [-0.3, -0.25) is 0 Å². The number of nitrogens with zero attached hydrogens (tertiary/aromatic N) is 3. The Kier molecular flexibility index (Phi) is 15.7. The molecule has 0 unspecified atom stereocenters. The van der Waals surface area contributed by atoms with Gasteiger partial charge in [-0.1, -0.05) is 77.6 Å². The van der Waals surface area contributed by atoms with E-state index >= 15 is 0 Å². The lowest BCUT2D eigenvalue weighted by Crippen LogP contribution is -2.23. The van der Waals surface area contributed by atoms with E-state index in [-0.39, 0.29) is 5.28 Å². The van der Waals surface area contributed by atoms with Gasteiger partial charge in [0.25, 0.3) is 0 Å². The molecule has 1 aromatic rings. The molecular formula is C21H39ClN6O2. The van der Waals surface area contributed by atoms with Crippen LogP contribution in [0.5, 0.6) is 0 Å². The summed E-state index contributed by atoms with van der Waals surface area (Å²) in [6.45, 7) is 3.97. The number of hydrogen-bond donors (Lipinski definition) is 4. The molecule has 0 saturated heterocycles. The summed E-state index contributed by atoms with van der Waals surface area (Å²) in [5.74, 6) is 0.853. The Labute approximate surface area is 186 Å². The molecule has 1 amide bonds. The predicted octanol–water partition coefficient (Wildman–Crippen LogP) is 5.71. The van der Waals surface area contributed by atoms with E-state index in [4.69, 9.17) is 16.7 Å². The Morgan fingerprint density at radius 2 is 1.20 bits per heavy atom. The Balaban J connectivity index is 2.04. The van der Waals surface area contributed by atoms with Crippen molar-refractivity contribution >= 4 is 29.6 Å². The zero-order valence-corrected chi connectivity index (χ0v) is 19.1. The topological polar surface area (TPSA) is 112 Å². The van der Waals surface area contributed by atoms with Gasteiger partial charge in [-0.15, -0.1) is 0 Å². The van der Waals surface area contributed by atoms with Crippen molar-refractivity contribution in [2.24, 2.45) is 0 Å². The molecule has 0 atom stereocenters. The van der Waals surface area contributed by atoms with Gasteiger partial charge in [-0.05, 0) is 24.4 Å². The standard InChI is InChI=1S/C21H39ClN6O2/c1-2-3-4-5-6-7-8-9-10-11-12-13-15-23-19-26-18(22)27-20(28-19)24-16-14-17-25-21(29)30/h25H,2-17H2,1H3,(H,29,30)(H2,23,24,26,27,28). The third-order valence-corrected chi connectivity index (χ3v) is 5.00. The number of carbonyl (C=O) groups is 1. The number of aromatic nitrogens is 3. The maximum atomic E-state index is 10.4. The quantitative estimate of drug-likeness (QED) is 0.203. The van der Waals surface area contributed by atoms with Crippen LogP contribution in [0.4, 0.5) is 16.7 Å². The van der Waals surface area contributed by atoms with Crippen molar-refractivity contribution in [3.05, 3.63) is 5.28 Å². The van der Waals surface area contributed by atoms with Crippen molar-refractivity contribution in [1.82, 2.24) is 20.3 Å². The van der Waals surface area contributed by atoms with Crippen molar-refractivity contribution < 1.29 is 9.90 Å². The fourth-order valence-electron chi connectivity index (χ4n) is 3.16. The van der Waals surface area contributed by atoms with Crippen LogP contribution in [0.3, 0.4) is 0 Å². The lowest BCUT2D eigenvalue weighted by molar-refractivity contribution is 0.194. The highest BCUT2D eigenvalue weighted by atomic mass is 35.5. The van der Waals surface area contributed by atoms with E-state index in [0.29, 0.717) is 31.4 Å². The molecule has 172 valence electrons. The highest BCUT2D eigenvalue weighted by Crippen LogP contribution is 2.13. The number of rotatable bonds is 19. The van der Waals surface area contributed by atoms with E-state index in [1.807, 2.05) is 0 Å². The van der Waals surface area contributed by atoms with Crippen LogP contribution in [0.15, 0.2) is 0 Å². The fourth-order valence-corrected chi connectivity index (χ4v) is 3.32. The van der Waals surface area contributed by atoms with Crippen LogP contribution in [0.1, 0.15) is 90.4 Å². The Morgan fingerprint density at radius 3 is 1.70 bits per heavy atom. The minimum absolute atomic E-state index is 0.133. The second-order valence-corrected chi connectivity index (χ2v) is 7.92. The number of nitrogens with one attached hydrogen (secondary N) is 3. The molecule has 0 aliphatic rings. The van der Waals surface area contributed by atoms with E-state index < -0.39 is 6.09 Å². The summed E-state index contributed by atoms with van der Waals surface area (Å²) >= 11 is 5.96. The van der Waals surface area contributed by atoms with Gasteiger partial charge >= 0.3 is 6.09 Å². The lowest BCUT2D eigenvalue weighted by atomic mass is 10.1.